The van der Waals surface area contributed by atoms with Crippen LogP contribution in [0.1, 0.15) is 97.4 Å². The lowest BCUT2D eigenvalue weighted by atomic mass is 9.62. The molecule has 0 radical (unpaired) electrons. The lowest BCUT2D eigenvalue weighted by Crippen LogP contribution is -2.32. The number of allylic oxidation sites excluding steroid dienone is 2. The van der Waals surface area contributed by atoms with Crippen molar-refractivity contribution in [2.75, 3.05) is 0 Å². The first-order valence-electron chi connectivity index (χ1n) is 6.30. The fraction of sp³-hybridized carbons (Fsp3) is 0.895. The monoisotopic (exact) mass is 274 g/mol. The highest BCUT2D eigenvalue weighted by atomic mass is 14.4. The van der Waals surface area contributed by atoms with Gasteiger partial charge in [0.1, 0.15) is 0 Å². The molecule has 0 saturated heterocycles. The lowest BCUT2D eigenvalue weighted by Gasteiger charge is -2.44. The van der Waals surface area contributed by atoms with E-state index < -0.39 is 0 Å². The molecule has 0 heterocycles. The molecule has 1 rings (SSSR count). The van der Waals surface area contributed by atoms with Crippen LogP contribution in [-0.2, 0) is 0 Å². The van der Waals surface area contributed by atoms with Gasteiger partial charge in [0.05, 0.1) is 0 Å². The maximum Gasteiger partial charge on any atom is -0.0347 e. The summed E-state index contributed by atoms with van der Waals surface area (Å²) in [4.78, 5) is 0. The van der Waals surface area contributed by atoms with Gasteiger partial charge in [-0.25, -0.2) is 0 Å². The van der Waals surface area contributed by atoms with Gasteiger partial charge in [-0.3, -0.25) is 0 Å². The Labute approximate surface area is 127 Å². The minimum absolute atomic E-state index is 0. The normalized spacial score (nSPS) is 19.5. The van der Waals surface area contributed by atoms with Crippen LogP contribution < -0.4 is 0 Å². The summed E-state index contributed by atoms with van der Waals surface area (Å²) in [6.07, 6.45) is 8.22. The fourth-order valence-electron chi connectivity index (χ4n) is 3.40. The molecule has 0 amide bonds. The molecule has 1 aliphatic carbocycles. The Kier molecular flexibility index (Phi) is 21.0. The van der Waals surface area contributed by atoms with Crippen molar-refractivity contribution in [3.05, 3.63) is 12.2 Å². The second kappa shape index (κ2) is 12.8. The van der Waals surface area contributed by atoms with E-state index in [1.54, 1.807) is 0 Å². The SMILES string of the molecule is C.C.C.C.C/C=C/C.CC1CC(C)(C)CC(C)(C)C1. The Morgan fingerprint density at radius 3 is 1.16 bits per heavy atom. The second-order valence-electron chi connectivity index (χ2n) is 6.69. The van der Waals surface area contributed by atoms with Gasteiger partial charge < -0.3 is 0 Å². The number of hydrogen-bond donors (Lipinski definition) is 0. The van der Waals surface area contributed by atoms with E-state index in [0.717, 1.165) is 5.92 Å². The van der Waals surface area contributed by atoms with Gasteiger partial charge in [0.15, 0.2) is 0 Å². The standard InChI is InChI=1S/C11H22.C4H8.4CH4/c1-9-6-10(2,3)8-11(4,5)7-9;1-3-4-2;;;;/h9H,6-8H2,1-5H3;3-4H,1-2H3;4*1H4/b;4-3+;;;;. The minimum Gasteiger partial charge on any atom is -0.0919 e. The van der Waals surface area contributed by atoms with E-state index in [0.29, 0.717) is 10.8 Å². The second-order valence-corrected chi connectivity index (χ2v) is 6.69. The van der Waals surface area contributed by atoms with E-state index in [2.05, 4.69) is 34.6 Å². The predicted octanol–water partition coefficient (Wildman–Crippen LogP) is 7.99. The molecule has 0 spiro atoms. The molecule has 0 aromatic carbocycles. The van der Waals surface area contributed by atoms with Crippen molar-refractivity contribution in [3.8, 4) is 0 Å². The Bertz CT molecular complexity index is 176. The average molecular weight is 275 g/mol. The van der Waals surface area contributed by atoms with E-state index in [4.69, 9.17) is 0 Å². The zero-order valence-corrected chi connectivity index (χ0v) is 11.9. The predicted molar refractivity (Wildman–Crippen MR) is 98.0 cm³/mol. The molecule has 1 fully saturated rings. The molecular formula is C19H46. The summed E-state index contributed by atoms with van der Waals surface area (Å²) in [5.74, 6) is 0.925. The van der Waals surface area contributed by atoms with Gasteiger partial charge in [-0.1, -0.05) is 76.5 Å². The summed E-state index contributed by atoms with van der Waals surface area (Å²) in [6, 6.07) is 0. The Morgan fingerprint density at radius 1 is 0.737 bits per heavy atom. The van der Waals surface area contributed by atoms with Crippen molar-refractivity contribution in [2.45, 2.75) is 97.4 Å². The van der Waals surface area contributed by atoms with Gasteiger partial charge in [-0.2, -0.15) is 0 Å². The van der Waals surface area contributed by atoms with E-state index in [1.807, 2.05) is 26.0 Å². The third kappa shape index (κ3) is 15.7. The molecule has 122 valence electrons. The summed E-state index contributed by atoms with van der Waals surface area (Å²) in [5.41, 5.74) is 1.17. The van der Waals surface area contributed by atoms with Crippen LogP contribution in [0.2, 0.25) is 0 Å². The quantitative estimate of drug-likeness (QED) is 0.393. The highest BCUT2D eigenvalue weighted by Gasteiger charge is 2.36. The Morgan fingerprint density at radius 2 is 1.00 bits per heavy atom. The van der Waals surface area contributed by atoms with Gasteiger partial charge in [0.2, 0.25) is 0 Å². The molecule has 0 nitrogen and oxygen atoms in total. The first kappa shape index (κ1) is 31.2. The van der Waals surface area contributed by atoms with Gasteiger partial charge >= 0.3 is 0 Å². The smallest absolute Gasteiger partial charge is 0.0347 e. The van der Waals surface area contributed by atoms with Gasteiger partial charge in [0, 0.05) is 0 Å². The van der Waals surface area contributed by atoms with Crippen LogP contribution in [0.25, 0.3) is 0 Å². The average Bonchev–Trinajstić information content (AvgIpc) is 1.97. The third-order valence-corrected chi connectivity index (χ3v) is 3.09. The van der Waals surface area contributed by atoms with Gasteiger partial charge in [-0.05, 0) is 49.9 Å². The van der Waals surface area contributed by atoms with Crippen LogP contribution in [0.4, 0.5) is 0 Å². The van der Waals surface area contributed by atoms with Crippen LogP contribution in [0, 0.1) is 16.7 Å². The maximum atomic E-state index is 2.41. The molecule has 0 atom stereocenters. The molecule has 0 heteroatoms. The van der Waals surface area contributed by atoms with E-state index in [-0.39, 0.29) is 29.7 Å². The van der Waals surface area contributed by atoms with Crippen molar-refractivity contribution in [2.24, 2.45) is 16.7 Å². The molecule has 0 aliphatic heterocycles. The zero-order chi connectivity index (χ0) is 12.1. The molecule has 0 aromatic rings. The Balaban J connectivity index is -0.0000000735. The van der Waals surface area contributed by atoms with Crippen molar-refractivity contribution < 1.29 is 0 Å². The molecule has 0 unspecified atom stereocenters. The van der Waals surface area contributed by atoms with E-state index in [1.165, 1.54) is 19.3 Å². The summed E-state index contributed by atoms with van der Waals surface area (Å²) in [5, 5.41) is 0. The van der Waals surface area contributed by atoms with Crippen LogP contribution in [-0.4, -0.2) is 0 Å². The van der Waals surface area contributed by atoms with Crippen molar-refractivity contribution in [1.82, 2.24) is 0 Å². The Hall–Kier alpha value is -0.260. The summed E-state index contributed by atoms with van der Waals surface area (Å²) < 4.78 is 0. The fourth-order valence-corrected chi connectivity index (χ4v) is 3.40. The van der Waals surface area contributed by atoms with Crippen LogP contribution in [0.15, 0.2) is 12.2 Å². The van der Waals surface area contributed by atoms with E-state index >= 15 is 0 Å². The molecule has 0 aromatic heterocycles. The topological polar surface area (TPSA) is 0 Å². The van der Waals surface area contributed by atoms with Crippen LogP contribution in [0.5, 0.6) is 0 Å². The number of rotatable bonds is 0. The van der Waals surface area contributed by atoms with Crippen molar-refractivity contribution in [1.29, 1.82) is 0 Å². The summed E-state index contributed by atoms with van der Waals surface area (Å²) >= 11 is 0. The molecule has 19 heavy (non-hydrogen) atoms. The number of hydrogen-bond acceptors (Lipinski definition) is 0. The molecular weight excluding hydrogens is 228 g/mol. The molecule has 0 N–H and O–H groups in total. The summed E-state index contributed by atoms with van der Waals surface area (Å²) in [6.45, 7) is 16.0. The molecule has 1 aliphatic rings. The maximum absolute atomic E-state index is 2.41. The highest BCUT2D eigenvalue weighted by molar-refractivity contribution is 4.87. The van der Waals surface area contributed by atoms with Crippen molar-refractivity contribution in [3.63, 3.8) is 0 Å². The lowest BCUT2D eigenvalue weighted by molar-refractivity contribution is 0.0754. The van der Waals surface area contributed by atoms with Crippen LogP contribution >= 0.6 is 0 Å². The largest absolute Gasteiger partial charge is 0.0919 e. The third-order valence-electron chi connectivity index (χ3n) is 3.09. The highest BCUT2D eigenvalue weighted by Crippen LogP contribution is 2.47. The zero-order valence-electron chi connectivity index (χ0n) is 11.9. The molecule has 1 saturated carbocycles. The van der Waals surface area contributed by atoms with Crippen LogP contribution in [0.3, 0.4) is 0 Å². The van der Waals surface area contributed by atoms with Gasteiger partial charge in [-0.15, -0.1) is 0 Å². The first-order chi connectivity index (χ1) is 6.72. The molecule has 0 bridgehead atoms. The first-order valence-corrected chi connectivity index (χ1v) is 6.30. The minimum atomic E-state index is 0. The van der Waals surface area contributed by atoms with Gasteiger partial charge in [0.25, 0.3) is 0 Å². The van der Waals surface area contributed by atoms with E-state index in [9.17, 15) is 0 Å². The van der Waals surface area contributed by atoms with Crippen molar-refractivity contribution >= 4 is 0 Å². The summed E-state index contributed by atoms with van der Waals surface area (Å²) in [7, 11) is 0.